The average molecular weight is 253 g/mol. The van der Waals surface area contributed by atoms with E-state index in [-0.39, 0.29) is 12.5 Å². The summed E-state index contributed by atoms with van der Waals surface area (Å²) >= 11 is 0. The number of nitrogens with zero attached hydrogens (tertiary/aromatic N) is 3. The van der Waals surface area contributed by atoms with Crippen LogP contribution in [0.4, 0.5) is 0 Å². The van der Waals surface area contributed by atoms with Crippen LogP contribution >= 0.6 is 0 Å². The van der Waals surface area contributed by atoms with Crippen molar-refractivity contribution in [3.8, 4) is 6.07 Å². The van der Waals surface area contributed by atoms with Gasteiger partial charge < -0.3 is 14.9 Å². The number of carbonyl (C=O) groups excluding carboxylic acids is 1. The lowest BCUT2D eigenvalue weighted by atomic mass is 10.1. The number of aliphatic hydroxyl groups is 1. The number of nitriles is 1. The molecule has 1 aliphatic heterocycles. The summed E-state index contributed by atoms with van der Waals surface area (Å²) in [5.74, 6) is 0.692. The van der Waals surface area contributed by atoms with Crippen LogP contribution in [0.3, 0.4) is 0 Å². The highest BCUT2D eigenvalue weighted by atomic mass is 16.3. The topological polar surface area (TPSA) is 67.6 Å². The maximum atomic E-state index is 11.8. The molecular weight excluding hydrogens is 230 g/mol. The van der Waals surface area contributed by atoms with Crippen LogP contribution in [-0.4, -0.2) is 60.6 Å². The normalized spacial score (nSPS) is 19.7. The van der Waals surface area contributed by atoms with Crippen molar-refractivity contribution in [1.29, 1.82) is 5.26 Å². The Balaban J connectivity index is 2.17. The zero-order chi connectivity index (χ0) is 13.4. The van der Waals surface area contributed by atoms with Gasteiger partial charge in [0.15, 0.2) is 0 Å². The number of carbonyl (C=O) groups is 1. The Labute approximate surface area is 109 Å². The zero-order valence-corrected chi connectivity index (χ0v) is 11.1. The van der Waals surface area contributed by atoms with Gasteiger partial charge in [-0.2, -0.15) is 5.26 Å². The Hall–Kier alpha value is -1.12. The van der Waals surface area contributed by atoms with Crippen molar-refractivity contribution in [2.45, 2.75) is 25.7 Å². The van der Waals surface area contributed by atoms with Gasteiger partial charge in [0, 0.05) is 39.7 Å². The molecule has 0 saturated carbocycles. The van der Waals surface area contributed by atoms with Crippen LogP contribution in [-0.2, 0) is 4.79 Å². The molecule has 0 bridgehead atoms. The molecule has 1 saturated heterocycles. The summed E-state index contributed by atoms with van der Waals surface area (Å²) in [7, 11) is 1.75. The summed E-state index contributed by atoms with van der Waals surface area (Å²) in [6, 6.07) is 2.04. The molecule has 0 aromatic carbocycles. The van der Waals surface area contributed by atoms with Crippen LogP contribution in [0.2, 0.25) is 0 Å². The second-order valence-electron chi connectivity index (χ2n) is 4.94. The lowest BCUT2D eigenvalue weighted by molar-refractivity contribution is -0.130. The predicted octanol–water partition coefficient (Wildman–Crippen LogP) is 0.453. The van der Waals surface area contributed by atoms with Crippen molar-refractivity contribution in [2.75, 3.05) is 39.8 Å². The highest BCUT2D eigenvalue weighted by Gasteiger charge is 2.22. The summed E-state index contributed by atoms with van der Waals surface area (Å²) in [4.78, 5) is 15.7. The summed E-state index contributed by atoms with van der Waals surface area (Å²) in [5, 5.41) is 17.3. The molecule has 1 unspecified atom stereocenters. The van der Waals surface area contributed by atoms with E-state index in [0.29, 0.717) is 25.3 Å². The summed E-state index contributed by atoms with van der Waals surface area (Å²) in [6.07, 6.45) is 2.91. The minimum atomic E-state index is 0.107. The van der Waals surface area contributed by atoms with Crippen LogP contribution < -0.4 is 0 Å². The van der Waals surface area contributed by atoms with Gasteiger partial charge in [-0.05, 0) is 25.3 Å². The number of amides is 1. The number of aliphatic hydroxyl groups excluding tert-OH is 1. The third-order valence-corrected chi connectivity index (χ3v) is 3.53. The highest BCUT2D eigenvalue weighted by Crippen LogP contribution is 2.19. The minimum absolute atomic E-state index is 0.107. The van der Waals surface area contributed by atoms with Crippen LogP contribution in [0.25, 0.3) is 0 Å². The van der Waals surface area contributed by atoms with Crippen molar-refractivity contribution in [1.82, 2.24) is 9.80 Å². The largest absolute Gasteiger partial charge is 0.396 e. The highest BCUT2D eigenvalue weighted by molar-refractivity contribution is 5.76. The molecule has 0 aliphatic carbocycles. The number of rotatable bonds is 7. The van der Waals surface area contributed by atoms with Gasteiger partial charge in [-0.3, -0.25) is 4.79 Å². The first-order chi connectivity index (χ1) is 8.67. The maximum Gasteiger partial charge on any atom is 0.223 e. The number of hydrogen-bond donors (Lipinski definition) is 1. The molecule has 0 radical (unpaired) electrons. The second-order valence-corrected chi connectivity index (χ2v) is 4.94. The number of hydrogen-bond acceptors (Lipinski definition) is 4. The van der Waals surface area contributed by atoms with E-state index in [1.54, 1.807) is 11.9 Å². The average Bonchev–Trinajstić information content (AvgIpc) is 2.81. The standard InChI is InChI=1S/C13H23N3O2/c1-15(7-2-6-14)13(18)4-9-16-8-3-12(11-16)5-10-17/h12,17H,2-5,7-11H2,1H3. The van der Waals surface area contributed by atoms with E-state index in [0.717, 1.165) is 32.5 Å². The SMILES string of the molecule is CN(CCC#N)C(=O)CCN1CCC(CCO)C1. The van der Waals surface area contributed by atoms with Gasteiger partial charge in [-0.25, -0.2) is 0 Å². The van der Waals surface area contributed by atoms with Crippen molar-refractivity contribution in [3.63, 3.8) is 0 Å². The van der Waals surface area contributed by atoms with Crippen LogP contribution in [0.5, 0.6) is 0 Å². The molecule has 0 spiro atoms. The molecule has 1 heterocycles. The van der Waals surface area contributed by atoms with E-state index in [2.05, 4.69) is 4.90 Å². The lowest BCUT2D eigenvalue weighted by Crippen LogP contribution is -2.32. The molecule has 5 heteroatoms. The van der Waals surface area contributed by atoms with Crippen molar-refractivity contribution in [3.05, 3.63) is 0 Å². The minimum Gasteiger partial charge on any atom is -0.396 e. The van der Waals surface area contributed by atoms with Crippen molar-refractivity contribution < 1.29 is 9.90 Å². The van der Waals surface area contributed by atoms with Crippen molar-refractivity contribution >= 4 is 5.91 Å². The fraction of sp³-hybridized carbons (Fsp3) is 0.846. The molecule has 1 atom stereocenters. The molecule has 1 rings (SSSR count). The zero-order valence-electron chi connectivity index (χ0n) is 11.1. The Morgan fingerprint density at radius 2 is 2.39 bits per heavy atom. The lowest BCUT2D eigenvalue weighted by Gasteiger charge is -2.19. The number of likely N-dealkylation sites (tertiary alicyclic amines) is 1. The molecule has 0 aromatic rings. The van der Waals surface area contributed by atoms with Gasteiger partial charge in [0.05, 0.1) is 12.5 Å². The van der Waals surface area contributed by atoms with Gasteiger partial charge in [-0.1, -0.05) is 0 Å². The van der Waals surface area contributed by atoms with Gasteiger partial charge >= 0.3 is 0 Å². The van der Waals surface area contributed by atoms with E-state index in [9.17, 15) is 4.79 Å². The molecule has 1 fully saturated rings. The summed E-state index contributed by atoms with van der Waals surface area (Å²) in [5.41, 5.74) is 0. The molecule has 0 aromatic heterocycles. The third-order valence-electron chi connectivity index (χ3n) is 3.53. The second kappa shape index (κ2) is 8.06. The van der Waals surface area contributed by atoms with Crippen molar-refractivity contribution in [2.24, 2.45) is 5.92 Å². The van der Waals surface area contributed by atoms with E-state index < -0.39 is 0 Å². The van der Waals surface area contributed by atoms with Gasteiger partial charge in [0.2, 0.25) is 5.91 Å². The smallest absolute Gasteiger partial charge is 0.223 e. The van der Waals surface area contributed by atoms with Crippen LogP contribution in [0.15, 0.2) is 0 Å². The van der Waals surface area contributed by atoms with E-state index in [4.69, 9.17) is 10.4 Å². The van der Waals surface area contributed by atoms with Gasteiger partial charge in [-0.15, -0.1) is 0 Å². The fourth-order valence-corrected chi connectivity index (χ4v) is 2.32. The molecule has 18 heavy (non-hydrogen) atoms. The van der Waals surface area contributed by atoms with Gasteiger partial charge in [0.1, 0.15) is 0 Å². The quantitative estimate of drug-likeness (QED) is 0.715. The first kappa shape index (κ1) is 14.9. The first-order valence-corrected chi connectivity index (χ1v) is 6.61. The van der Waals surface area contributed by atoms with E-state index in [1.165, 1.54) is 0 Å². The van der Waals surface area contributed by atoms with Crippen LogP contribution in [0.1, 0.15) is 25.7 Å². The van der Waals surface area contributed by atoms with Crippen LogP contribution in [0, 0.1) is 17.2 Å². The molecule has 1 N–H and O–H groups in total. The molecule has 1 aliphatic rings. The Morgan fingerprint density at radius 1 is 1.61 bits per heavy atom. The molecule has 5 nitrogen and oxygen atoms in total. The molecular formula is C13H23N3O2. The van der Waals surface area contributed by atoms with E-state index >= 15 is 0 Å². The van der Waals surface area contributed by atoms with Gasteiger partial charge in [0.25, 0.3) is 0 Å². The Bertz CT molecular complexity index is 301. The third kappa shape index (κ3) is 5.03. The summed E-state index contributed by atoms with van der Waals surface area (Å²) in [6.45, 7) is 3.59. The first-order valence-electron chi connectivity index (χ1n) is 6.61. The molecule has 1 amide bonds. The fourth-order valence-electron chi connectivity index (χ4n) is 2.32. The monoisotopic (exact) mass is 253 g/mol. The van der Waals surface area contributed by atoms with E-state index in [1.807, 2.05) is 6.07 Å². The molecule has 102 valence electrons. The predicted molar refractivity (Wildman–Crippen MR) is 68.7 cm³/mol. The summed E-state index contributed by atoms with van der Waals surface area (Å²) < 4.78 is 0. The maximum absolute atomic E-state index is 11.8. The Morgan fingerprint density at radius 3 is 3.06 bits per heavy atom. The Kier molecular flexibility index (Phi) is 6.69.